The van der Waals surface area contributed by atoms with Crippen LogP contribution in [0, 0.1) is 0 Å². The predicted molar refractivity (Wildman–Crippen MR) is 105 cm³/mol. The first-order chi connectivity index (χ1) is 12.1. The molecule has 0 aliphatic carbocycles. The number of hydrogen-bond acceptors (Lipinski definition) is 2. The summed E-state index contributed by atoms with van der Waals surface area (Å²) in [6.07, 6.45) is 6.01. The van der Waals surface area contributed by atoms with Gasteiger partial charge in [-0.2, -0.15) is 5.10 Å². The summed E-state index contributed by atoms with van der Waals surface area (Å²) in [5.74, 6) is 1.45. The summed E-state index contributed by atoms with van der Waals surface area (Å²) >= 11 is 0. The van der Waals surface area contributed by atoms with Crippen LogP contribution in [0.2, 0.25) is 0 Å². The van der Waals surface area contributed by atoms with E-state index in [1.54, 1.807) is 4.68 Å². The van der Waals surface area contributed by atoms with Crippen molar-refractivity contribution in [3.05, 3.63) is 53.3 Å². The highest BCUT2D eigenvalue weighted by atomic mass is 15.2. The van der Waals surface area contributed by atoms with Gasteiger partial charge in [-0.25, -0.2) is 4.99 Å². The molecule has 25 heavy (non-hydrogen) atoms. The highest BCUT2D eigenvalue weighted by Gasteiger charge is 2.01. The van der Waals surface area contributed by atoms with E-state index in [2.05, 4.69) is 65.8 Å². The third kappa shape index (κ3) is 6.61. The molecule has 0 saturated heterocycles. The van der Waals surface area contributed by atoms with Crippen LogP contribution >= 0.6 is 0 Å². The van der Waals surface area contributed by atoms with Crippen molar-refractivity contribution < 1.29 is 0 Å². The zero-order chi connectivity index (χ0) is 18.1. The van der Waals surface area contributed by atoms with E-state index in [1.807, 2.05) is 19.4 Å². The molecule has 2 N–H and O–H groups in total. The second-order valence-corrected chi connectivity index (χ2v) is 6.64. The Labute approximate surface area is 151 Å². The number of aromatic nitrogens is 2. The van der Waals surface area contributed by atoms with Gasteiger partial charge in [0.15, 0.2) is 5.96 Å². The van der Waals surface area contributed by atoms with Crippen molar-refractivity contribution in [3.8, 4) is 0 Å². The fraction of sp³-hybridized carbons (Fsp3) is 0.500. The average Bonchev–Trinajstić information content (AvgIpc) is 3.02. The van der Waals surface area contributed by atoms with Crippen molar-refractivity contribution in [3.63, 3.8) is 0 Å². The smallest absolute Gasteiger partial charge is 0.191 e. The minimum absolute atomic E-state index is 0.592. The number of nitrogens with zero attached hydrogens (tertiary/aromatic N) is 3. The lowest BCUT2D eigenvalue weighted by molar-refractivity contribution is 0.742. The van der Waals surface area contributed by atoms with E-state index in [9.17, 15) is 0 Å². The van der Waals surface area contributed by atoms with Gasteiger partial charge in [-0.15, -0.1) is 0 Å². The van der Waals surface area contributed by atoms with E-state index in [0.717, 1.165) is 37.5 Å². The fourth-order valence-corrected chi connectivity index (χ4v) is 2.63. The zero-order valence-corrected chi connectivity index (χ0v) is 15.9. The van der Waals surface area contributed by atoms with Crippen LogP contribution in [0.4, 0.5) is 0 Å². The molecule has 0 aliphatic heterocycles. The number of aryl methyl sites for hydroxylation is 2. The maximum Gasteiger partial charge on any atom is 0.191 e. The summed E-state index contributed by atoms with van der Waals surface area (Å²) < 4.78 is 1.80. The molecule has 0 spiro atoms. The van der Waals surface area contributed by atoms with E-state index < -0.39 is 0 Å². The van der Waals surface area contributed by atoms with Gasteiger partial charge in [0.05, 0.1) is 12.7 Å². The van der Waals surface area contributed by atoms with Gasteiger partial charge < -0.3 is 10.6 Å². The Morgan fingerprint density at radius 3 is 2.52 bits per heavy atom. The minimum atomic E-state index is 0.592. The number of benzene rings is 1. The molecule has 0 radical (unpaired) electrons. The van der Waals surface area contributed by atoms with Crippen LogP contribution in [0.5, 0.6) is 0 Å². The number of rotatable bonds is 8. The summed E-state index contributed by atoms with van der Waals surface area (Å²) in [6.45, 7) is 8.94. The largest absolute Gasteiger partial charge is 0.357 e. The second-order valence-electron chi connectivity index (χ2n) is 6.64. The number of hydrogen-bond donors (Lipinski definition) is 2. The van der Waals surface area contributed by atoms with E-state index in [-0.39, 0.29) is 0 Å². The van der Waals surface area contributed by atoms with Crippen molar-refractivity contribution >= 4 is 5.96 Å². The molecule has 0 unspecified atom stereocenters. The molecule has 0 aliphatic rings. The molecule has 0 bridgehead atoms. The molecule has 2 rings (SSSR count). The van der Waals surface area contributed by atoms with Gasteiger partial charge in [-0.05, 0) is 36.8 Å². The molecular weight excluding hydrogens is 310 g/mol. The molecule has 1 heterocycles. The van der Waals surface area contributed by atoms with E-state index >= 15 is 0 Å². The number of nitrogens with one attached hydrogen (secondary N) is 2. The van der Waals surface area contributed by atoms with Crippen LogP contribution in [0.3, 0.4) is 0 Å². The molecular formula is C20H31N5. The van der Waals surface area contributed by atoms with Crippen molar-refractivity contribution in [2.24, 2.45) is 12.0 Å². The van der Waals surface area contributed by atoms with Crippen LogP contribution in [0.25, 0.3) is 0 Å². The molecule has 0 amide bonds. The van der Waals surface area contributed by atoms with Crippen LogP contribution in [-0.4, -0.2) is 28.8 Å². The number of aliphatic imine (C=N–C) groups is 1. The van der Waals surface area contributed by atoms with Gasteiger partial charge in [0, 0.05) is 31.9 Å². The van der Waals surface area contributed by atoms with Crippen LogP contribution in [0.15, 0.2) is 41.7 Å². The first kappa shape index (κ1) is 19.0. The van der Waals surface area contributed by atoms with Gasteiger partial charge in [-0.1, -0.05) is 38.1 Å². The van der Waals surface area contributed by atoms with E-state index in [4.69, 9.17) is 0 Å². The molecule has 5 heteroatoms. The van der Waals surface area contributed by atoms with Gasteiger partial charge in [-0.3, -0.25) is 4.68 Å². The lowest BCUT2D eigenvalue weighted by atomic mass is 10.0. The average molecular weight is 342 g/mol. The van der Waals surface area contributed by atoms with Gasteiger partial charge in [0.2, 0.25) is 0 Å². The summed E-state index contributed by atoms with van der Waals surface area (Å²) in [6, 6.07) is 8.98. The van der Waals surface area contributed by atoms with Gasteiger partial charge in [0.1, 0.15) is 0 Å². The van der Waals surface area contributed by atoms with E-state index in [0.29, 0.717) is 12.5 Å². The van der Waals surface area contributed by atoms with Crippen molar-refractivity contribution in [2.75, 3.05) is 13.1 Å². The zero-order valence-electron chi connectivity index (χ0n) is 15.9. The summed E-state index contributed by atoms with van der Waals surface area (Å²) in [7, 11) is 1.92. The Balaban J connectivity index is 1.76. The molecule has 0 atom stereocenters. The third-order valence-electron chi connectivity index (χ3n) is 4.10. The lowest BCUT2D eigenvalue weighted by Crippen LogP contribution is -2.37. The Hall–Kier alpha value is -2.30. The van der Waals surface area contributed by atoms with Crippen molar-refractivity contribution in [2.45, 2.75) is 46.1 Å². The first-order valence-corrected chi connectivity index (χ1v) is 9.17. The minimum Gasteiger partial charge on any atom is -0.357 e. The van der Waals surface area contributed by atoms with Gasteiger partial charge in [0.25, 0.3) is 0 Å². The topological polar surface area (TPSA) is 54.2 Å². The molecule has 5 nitrogen and oxygen atoms in total. The quantitative estimate of drug-likeness (QED) is 0.440. The second kappa shape index (κ2) is 9.87. The molecule has 136 valence electrons. The summed E-state index contributed by atoms with van der Waals surface area (Å²) in [4.78, 5) is 4.61. The molecule has 0 saturated carbocycles. The fourth-order valence-electron chi connectivity index (χ4n) is 2.63. The molecule has 0 fully saturated rings. The lowest BCUT2D eigenvalue weighted by Gasteiger charge is -2.11. The van der Waals surface area contributed by atoms with Gasteiger partial charge >= 0.3 is 0 Å². The monoisotopic (exact) mass is 341 g/mol. The Kier molecular flexibility index (Phi) is 7.51. The van der Waals surface area contributed by atoms with Crippen LogP contribution in [-0.2, 0) is 20.0 Å². The first-order valence-electron chi connectivity index (χ1n) is 9.17. The van der Waals surface area contributed by atoms with E-state index in [1.165, 1.54) is 11.1 Å². The Morgan fingerprint density at radius 2 is 1.92 bits per heavy atom. The highest BCUT2D eigenvalue weighted by Crippen LogP contribution is 2.15. The maximum atomic E-state index is 4.61. The summed E-state index contributed by atoms with van der Waals surface area (Å²) in [5, 5.41) is 10.9. The number of guanidine groups is 1. The Morgan fingerprint density at radius 1 is 1.16 bits per heavy atom. The maximum absolute atomic E-state index is 4.61. The molecule has 1 aromatic carbocycles. The van der Waals surface area contributed by atoms with Crippen LogP contribution < -0.4 is 10.6 Å². The highest BCUT2D eigenvalue weighted by molar-refractivity contribution is 5.79. The normalized spacial score (nSPS) is 11.8. The predicted octanol–water partition coefficient (Wildman–Crippen LogP) is 3.23. The third-order valence-corrected chi connectivity index (χ3v) is 4.10. The standard InChI is InChI=1S/C20H31N5/c1-5-21-20(23-13-18-14-24-25(4)15-18)22-12-6-7-17-8-10-19(11-9-17)16(2)3/h8-11,14-16H,5-7,12-13H2,1-4H3,(H2,21,22,23). The summed E-state index contributed by atoms with van der Waals surface area (Å²) in [5.41, 5.74) is 3.91. The van der Waals surface area contributed by atoms with Crippen molar-refractivity contribution in [1.29, 1.82) is 0 Å². The van der Waals surface area contributed by atoms with Crippen molar-refractivity contribution in [1.82, 2.24) is 20.4 Å². The molecule has 2 aromatic rings. The Bertz CT molecular complexity index is 655. The SMILES string of the molecule is CCNC(=NCc1cnn(C)c1)NCCCc1ccc(C(C)C)cc1. The van der Waals surface area contributed by atoms with Crippen LogP contribution in [0.1, 0.15) is 49.8 Å². The molecule has 1 aromatic heterocycles.